The highest BCUT2D eigenvalue weighted by Gasteiger charge is 2.14. The van der Waals surface area contributed by atoms with Gasteiger partial charge in [-0.25, -0.2) is 4.98 Å². The van der Waals surface area contributed by atoms with Crippen molar-refractivity contribution in [3.63, 3.8) is 0 Å². The number of methoxy groups -OCH3 is 2. The van der Waals surface area contributed by atoms with Crippen LogP contribution in [-0.2, 0) is 5.88 Å². The first kappa shape index (κ1) is 15.1. The number of hydrogen-bond acceptors (Lipinski definition) is 4. The second kappa shape index (κ2) is 6.83. The number of hydrogen-bond donors (Lipinski definition) is 0. The molecule has 0 atom stereocenters. The summed E-state index contributed by atoms with van der Waals surface area (Å²) in [5, 5.41) is 2.83. The number of halogens is 2. The van der Waals surface area contributed by atoms with Crippen molar-refractivity contribution < 1.29 is 9.47 Å². The molecule has 0 bridgehead atoms. The fraction of sp³-hybridized carbons (Fsp3) is 0.250. The van der Waals surface area contributed by atoms with Crippen LogP contribution in [0.4, 0.5) is 0 Å². The summed E-state index contributed by atoms with van der Waals surface area (Å²) in [6, 6.07) is 5.73. The zero-order valence-corrected chi connectivity index (χ0v) is 12.4. The van der Waals surface area contributed by atoms with E-state index >= 15 is 0 Å². The standard InChI is InChI=1S/C12H12ClNO2S.ClH/c1-15-10-5-3-4-9(11(10)16-2)12-14-8(6-13)7-17-12;/h3-5,7H,6H2,1-2H3;1H. The topological polar surface area (TPSA) is 31.4 Å². The molecule has 0 unspecified atom stereocenters. The Balaban J connectivity index is 0.00000162. The Bertz CT molecular complexity index is 517. The van der Waals surface area contributed by atoms with Crippen LogP contribution >= 0.6 is 35.3 Å². The highest BCUT2D eigenvalue weighted by molar-refractivity contribution is 7.13. The van der Waals surface area contributed by atoms with Crippen molar-refractivity contribution in [1.82, 2.24) is 4.98 Å². The lowest BCUT2D eigenvalue weighted by atomic mass is 10.2. The minimum Gasteiger partial charge on any atom is -0.493 e. The van der Waals surface area contributed by atoms with Gasteiger partial charge in [-0.2, -0.15) is 0 Å². The van der Waals surface area contributed by atoms with E-state index in [1.807, 2.05) is 23.6 Å². The molecule has 0 aliphatic heterocycles. The van der Waals surface area contributed by atoms with Gasteiger partial charge in [0.1, 0.15) is 5.01 Å². The van der Waals surface area contributed by atoms with Gasteiger partial charge in [0.15, 0.2) is 11.5 Å². The Hall–Kier alpha value is -0.970. The van der Waals surface area contributed by atoms with Gasteiger partial charge < -0.3 is 9.47 Å². The maximum absolute atomic E-state index is 5.75. The predicted octanol–water partition coefficient (Wildman–Crippen LogP) is 3.99. The van der Waals surface area contributed by atoms with E-state index in [1.165, 1.54) is 0 Å². The predicted molar refractivity (Wildman–Crippen MR) is 77.5 cm³/mol. The smallest absolute Gasteiger partial charge is 0.170 e. The third-order valence-electron chi connectivity index (χ3n) is 2.32. The maximum atomic E-state index is 5.75. The fourth-order valence-corrected chi connectivity index (χ4v) is 2.62. The van der Waals surface area contributed by atoms with Crippen LogP contribution < -0.4 is 9.47 Å². The second-order valence-corrected chi connectivity index (χ2v) is 4.44. The molecule has 0 fully saturated rings. The summed E-state index contributed by atoms with van der Waals surface area (Å²) in [6.45, 7) is 0. The lowest BCUT2D eigenvalue weighted by Crippen LogP contribution is -1.93. The minimum absolute atomic E-state index is 0. The van der Waals surface area contributed by atoms with E-state index < -0.39 is 0 Å². The number of alkyl halides is 1. The van der Waals surface area contributed by atoms with Gasteiger partial charge in [-0.3, -0.25) is 0 Å². The first-order chi connectivity index (χ1) is 8.30. The quantitative estimate of drug-likeness (QED) is 0.800. The zero-order valence-electron chi connectivity index (χ0n) is 9.97. The molecule has 0 spiro atoms. The van der Waals surface area contributed by atoms with E-state index in [-0.39, 0.29) is 12.4 Å². The van der Waals surface area contributed by atoms with Gasteiger partial charge in [0.2, 0.25) is 0 Å². The highest BCUT2D eigenvalue weighted by atomic mass is 35.5. The van der Waals surface area contributed by atoms with Crippen molar-refractivity contribution in [3.8, 4) is 22.1 Å². The number of benzene rings is 1. The van der Waals surface area contributed by atoms with Crippen molar-refractivity contribution in [1.29, 1.82) is 0 Å². The minimum atomic E-state index is 0. The van der Waals surface area contributed by atoms with Gasteiger partial charge in [0.25, 0.3) is 0 Å². The first-order valence-corrected chi connectivity index (χ1v) is 6.43. The highest BCUT2D eigenvalue weighted by Crippen LogP contribution is 2.38. The summed E-state index contributed by atoms with van der Waals surface area (Å²) >= 11 is 7.29. The molecule has 0 aliphatic rings. The summed E-state index contributed by atoms with van der Waals surface area (Å²) < 4.78 is 10.6. The van der Waals surface area contributed by atoms with Crippen LogP contribution in [0.2, 0.25) is 0 Å². The Morgan fingerprint density at radius 3 is 2.61 bits per heavy atom. The molecule has 3 nitrogen and oxygen atoms in total. The summed E-state index contributed by atoms with van der Waals surface area (Å²) in [7, 11) is 3.24. The van der Waals surface area contributed by atoms with E-state index in [0.29, 0.717) is 17.4 Å². The van der Waals surface area contributed by atoms with Gasteiger partial charge in [0.05, 0.1) is 31.4 Å². The Labute approximate surface area is 121 Å². The molecule has 1 aromatic heterocycles. The molecule has 0 aliphatic carbocycles. The third-order valence-corrected chi connectivity index (χ3v) is 3.52. The van der Waals surface area contributed by atoms with Crippen LogP contribution in [-0.4, -0.2) is 19.2 Å². The summed E-state index contributed by atoms with van der Waals surface area (Å²) in [6.07, 6.45) is 0. The third kappa shape index (κ3) is 2.88. The monoisotopic (exact) mass is 305 g/mol. The van der Waals surface area contributed by atoms with Crippen LogP contribution in [0.15, 0.2) is 23.6 Å². The summed E-state index contributed by atoms with van der Waals surface area (Å²) in [5.41, 5.74) is 1.80. The molecule has 98 valence electrons. The molecule has 0 amide bonds. The number of rotatable bonds is 4. The van der Waals surface area contributed by atoms with Crippen LogP contribution in [0.5, 0.6) is 11.5 Å². The number of ether oxygens (including phenoxy) is 2. The molecular weight excluding hydrogens is 293 g/mol. The van der Waals surface area contributed by atoms with Crippen LogP contribution in [0.1, 0.15) is 5.69 Å². The van der Waals surface area contributed by atoms with E-state index in [0.717, 1.165) is 16.3 Å². The lowest BCUT2D eigenvalue weighted by Gasteiger charge is -2.10. The molecule has 2 aromatic rings. The molecule has 1 aromatic carbocycles. The van der Waals surface area contributed by atoms with Crippen molar-refractivity contribution in [2.24, 2.45) is 0 Å². The van der Waals surface area contributed by atoms with E-state index in [9.17, 15) is 0 Å². The van der Waals surface area contributed by atoms with Gasteiger partial charge >= 0.3 is 0 Å². The second-order valence-electron chi connectivity index (χ2n) is 3.32. The van der Waals surface area contributed by atoms with E-state index in [4.69, 9.17) is 21.1 Å². The maximum Gasteiger partial charge on any atom is 0.170 e. The molecule has 0 radical (unpaired) electrons. The first-order valence-electron chi connectivity index (χ1n) is 5.02. The van der Waals surface area contributed by atoms with E-state index in [2.05, 4.69) is 4.98 Å². The Kier molecular flexibility index (Phi) is 5.72. The van der Waals surface area contributed by atoms with Crippen LogP contribution in [0.25, 0.3) is 10.6 Å². The summed E-state index contributed by atoms with van der Waals surface area (Å²) in [5.74, 6) is 1.82. The SMILES string of the molecule is COc1cccc(-c2nc(CCl)cs2)c1OC.Cl. The largest absolute Gasteiger partial charge is 0.493 e. The lowest BCUT2D eigenvalue weighted by molar-refractivity contribution is 0.356. The molecule has 1 heterocycles. The van der Waals surface area contributed by atoms with Crippen molar-refractivity contribution in [2.75, 3.05) is 14.2 Å². The zero-order chi connectivity index (χ0) is 12.3. The average molecular weight is 306 g/mol. The average Bonchev–Trinajstić information content (AvgIpc) is 2.86. The number of thiazole rings is 1. The van der Waals surface area contributed by atoms with Crippen LogP contribution in [0, 0.1) is 0 Å². The molecule has 0 N–H and O–H groups in total. The van der Waals surface area contributed by atoms with Gasteiger partial charge in [-0.05, 0) is 12.1 Å². The van der Waals surface area contributed by atoms with E-state index in [1.54, 1.807) is 25.6 Å². The number of aromatic nitrogens is 1. The molecule has 6 heteroatoms. The number of nitrogens with zero attached hydrogens (tertiary/aromatic N) is 1. The van der Waals surface area contributed by atoms with Gasteiger partial charge in [-0.15, -0.1) is 35.3 Å². The molecule has 2 rings (SSSR count). The number of para-hydroxylation sites is 1. The fourth-order valence-electron chi connectivity index (χ4n) is 1.55. The Morgan fingerprint density at radius 2 is 2.06 bits per heavy atom. The van der Waals surface area contributed by atoms with Crippen LogP contribution in [0.3, 0.4) is 0 Å². The van der Waals surface area contributed by atoms with Crippen molar-refractivity contribution in [2.45, 2.75) is 5.88 Å². The van der Waals surface area contributed by atoms with Crippen molar-refractivity contribution in [3.05, 3.63) is 29.3 Å². The Morgan fingerprint density at radius 1 is 1.28 bits per heavy atom. The molecular formula is C12H13Cl2NO2S. The normalized spacial score (nSPS) is 9.72. The molecule has 18 heavy (non-hydrogen) atoms. The molecule has 0 saturated heterocycles. The van der Waals surface area contributed by atoms with Crippen molar-refractivity contribution >= 4 is 35.3 Å². The van der Waals surface area contributed by atoms with Gasteiger partial charge in [0, 0.05) is 5.38 Å². The summed E-state index contributed by atoms with van der Waals surface area (Å²) in [4.78, 5) is 4.43. The molecule has 0 saturated carbocycles. The van der Waals surface area contributed by atoms with Gasteiger partial charge in [-0.1, -0.05) is 6.07 Å².